The molecule has 2 aliphatic rings. The highest BCUT2D eigenvalue weighted by atomic mass is 32.2. The van der Waals surface area contributed by atoms with Crippen LogP contribution in [0.25, 0.3) is 5.57 Å². The van der Waals surface area contributed by atoms with Crippen molar-refractivity contribution in [2.45, 2.75) is 0 Å². The number of nitrogens with one attached hydrogen (secondary N) is 1. The van der Waals surface area contributed by atoms with Gasteiger partial charge in [0.1, 0.15) is 0 Å². The molecule has 0 aliphatic carbocycles. The molecule has 1 fully saturated rings. The number of anilines is 2. The van der Waals surface area contributed by atoms with Gasteiger partial charge >= 0.3 is 0 Å². The van der Waals surface area contributed by atoms with Gasteiger partial charge in [0.05, 0.1) is 21.9 Å². The number of likely N-dealkylation sites (N-methyl/N-ethyl adjacent to an activating group) is 2. The lowest BCUT2D eigenvalue weighted by molar-refractivity contribution is -0.121. The Morgan fingerprint density at radius 2 is 1.58 bits per heavy atom. The molecule has 26 heavy (non-hydrogen) atoms. The molecule has 0 atom stereocenters. The summed E-state index contributed by atoms with van der Waals surface area (Å²) in [4.78, 5) is 28.9. The number of nitrogens with zero attached hydrogens (tertiary/aromatic N) is 3. The van der Waals surface area contributed by atoms with E-state index in [9.17, 15) is 9.59 Å². The first-order valence-corrected chi connectivity index (χ1v) is 8.86. The highest BCUT2D eigenvalue weighted by molar-refractivity contribution is 8.18. The number of amides is 2. The number of rotatable bonds is 2. The van der Waals surface area contributed by atoms with Gasteiger partial charge in [-0.05, 0) is 30.0 Å². The third kappa shape index (κ3) is 2.57. The number of hydrogen-bond acceptors (Lipinski definition) is 5. The first-order chi connectivity index (χ1) is 12.6. The largest absolute Gasteiger partial charge is 0.311 e. The Bertz CT molecular complexity index is 969. The number of para-hydroxylation sites is 2. The van der Waals surface area contributed by atoms with Gasteiger partial charge in [-0.3, -0.25) is 19.9 Å². The molecule has 0 unspecified atom stereocenters. The molecule has 7 heteroatoms. The summed E-state index contributed by atoms with van der Waals surface area (Å²) in [7, 11) is 3.37. The molecule has 0 spiro atoms. The number of fused-ring (bicyclic) bond motifs is 1. The molecule has 1 N–H and O–H groups in total. The van der Waals surface area contributed by atoms with Gasteiger partial charge < -0.3 is 4.90 Å². The number of thioether (sulfide) groups is 1. The molecule has 2 aliphatic heterocycles. The first kappa shape index (κ1) is 16.4. The Hall–Kier alpha value is -3.06. The minimum atomic E-state index is -0.225. The van der Waals surface area contributed by atoms with Crippen molar-refractivity contribution in [1.82, 2.24) is 4.90 Å². The number of amidine groups is 1. The molecule has 0 saturated carbocycles. The molecule has 0 aromatic heterocycles. The minimum Gasteiger partial charge on any atom is -0.311 e. The summed E-state index contributed by atoms with van der Waals surface area (Å²) >= 11 is 1.21. The third-order valence-corrected chi connectivity index (χ3v) is 5.44. The van der Waals surface area contributed by atoms with Crippen LogP contribution in [0.1, 0.15) is 5.56 Å². The molecule has 1 saturated heterocycles. The van der Waals surface area contributed by atoms with Gasteiger partial charge in [-0.2, -0.15) is 0 Å². The summed E-state index contributed by atoms with van der Waals surface area (Å²) in [6.45, 7) is 0. The zero-order valence-electron chi connectivity index (χ0n) is 14.3. The van der Waals surface area contributed by atoms with Crippen LogP contribution >= 0.6 is 11.8 Å². The summed E-state index contributed by atoms with van der Waals surface area (Å²) < 4.78 is 0. The van der Waals surface area contributed by atoms with Crippen molar-refractivity contribution >= 4 is 45.7 Å². The lowest BCUT2D eigenvalue weighted by Crippen LogP contribution is -2.26. The summed E-state index contributed by atoms with van der Waals surface area (Å²) in [6, 6.07) is 17.0. The van der Waals surface area contributed by atoms with Gasteiger partial charge in [0.25, 0.3) is 11.8 Å². The fraction of sp³-hybridized carbons (Fsp3) is 0.105. The van der Waals surface area contributed by atoms with Crippen LogP contribution in [0.4, 0.5) is 11.4 Å². The maximum absolute atomic E-state index is 12.7. The van der Waals surface area contributed by atoms with Crippen molar-refractivity contribution in [2.75, 3.05) is 24.4 Å². The van der Waals surface area contributed by atoms with Crippen LogP contribution in [0, 0.1) is 0 Å². The second-order valence-corrected chi connectivity index (χ2v) is 6.90. The lowest BCUT2D eigenvalue weighted by atomic mass is 10.1. The van der Waals surface area contributed by atoms with Gasteiger partial charge in [0.15, 0.2) is 5.17 Å². The number of hydrogen-bond donors (Lipinski definition) is 1. The van der Waals surface area contributed by atoms with Crippen LogP contribution in [0.5, 0.6) is 0 Å². The summed E-state index contributed by atoms with van der Waals surface area (Å²) in [6.07, 6.45) is 0. The Morgan fingerprint density at radius 3 is 2.35 bits per heavy atom. The van der Waals surface area contributed by atoms with Gasteiger partial charge in [-0.1, -0.05) is 36.4 Å². The van der Waals surface area contributed by atoms with Crippen molar-refractivity contribution in [3.8, 4) is 0 Å². The van der Waals surface area contributed by atoms with Crippen LogP contribution in [0.15, 0.2) is 64.6 Å². The van der Waals surface area contributed by atoms with Gasteiger partial charge in [0.2, 0.25) is 0 Å². The van der Waals surface area contributed by atoms with Crippen LogP contribution < -0.4 is 10.3 Å². The second-order valence-electron chi connectivity index (χ2n) is 5.92. The van der Waals surface area contributed by atoms with E-state index in [0.29, 0.717) is 15.6 Å². The van der Waals surface area contributed by atoms with Crippen molar-refractivity contribution < 1.29 is 9.59 Å². The Labute approximate surface area is 155 Å². The fourth-order valence-electron chi connectivity index (χ4n) is 2.91. The van der Waals surface area contributed by atoms with Crippen molar-refractivity contribution in [3.05, 3.63) is 65.1 Å². The molecule has 130 valence electrons. The molecule has 2 aromatic carbocycles. The summed E-state index contributed by atoms with van der Waals surface area (Å²) in [5, 5.41) is 4.82. The SMILES string of the molecule is CN1C(=O)/C(=C2/C(=O)N(C)c3ccccc32)S/C1=N\Nc1ccccc1. The predicted molar refractivity (Wildman–Crippen MR) is 105 cm³/mol. The van der Waals surface area contributed by atoms with Crippen LogP contribution in [-0.2, 0) is 9.59 Å². The molecular weight excluding hydrogens is 348 g/mol. The standard InChI is InChI=1S/C19H16N4O2S/c1-22-14-11-7-6-10-13(14)15(17(22)24)16-18(25)23(2)19(26-16)21-20-12-8-4-3-5-9-12/h3-11,20H,1-2H3/b16-15-,21-19-. The number of hydrazone groups is 1. The maximum Gasteiger partial charge on any atom is 0.267 e. The van der Waals surface area contributed by atoms with E-state index >= 15 is 0 Å². The quantitative estimate of drug-likeness (QED) is 0.657. The van der Waals surface area contributed by atoms with Crippen molar-refractivity contribution in [2.24, 2.45) is 5.10 Å². The van der Waals surface area contributed by atoms with E-state index in [1.165, 1.54) is 16.7 Å². The highest BCUT2D eigenvalue weighted by Gasteiger charge is 2.40. The molecule has 2 aromatic rings. The minimum absolute atomic E-state index is 0.173. The fourth-order valence-corrected chi connectivity index (χ4v) is 3.93. The molecule has 4 rings (SSSR count). The lowest BCUT2D eigenvalue weighted by Gasteiger charge is -2.08. The molecule has 2 amide bonds. The first-order valence-electron chi connectivity index (χ1n) is 8.04. The monoisotopic (exact) mass is 364 g/mol. The topological polar surface area (TPSA) is 65.0 Å². The van der Waals surface area contributed by atoms with Crippen LogP contribution in [-0.4, -0.2) is 36.0 Å². The number of benzene rings is 2. The van der Waals surface area contributed by atoms with E-state index in [-0.39, 0.29) is 11.8 Å². The highest BCUT2D eigenvalue weighted by Crippen LogP contribution is 2.43. The Balaban J connectivity index is 1.71. The zero-order chi connectivity index (χ0) is 18.3. The van der Waals surface area contributed by atoms with E-state index in [2.05, 4.69) is 10.5 Å². The maximum atomic E-state index is 12.7. The van der Waals surface area contributed by atoms with E-state index in [1.54, 1.807) is 19.0 Å². The predicted octanol–water partition coefficient (Wildman–Crippen LogP) is 2.96. The van der Waals surface area contributed by atoms with E-state index in [1.807, 2.05) is 54.6 Å². The normalized spacial score (nSPS) is 20.9. The zero-order valence-corrected chi connectivity index (χ0v) is 15.1. The summed E-state index contributed by atoms with van der Waals surface area (Å²) in [5.74, 6) is -0.398. The molecule has 2 heterocycles. The van der Waals surface area contributed by atoms with E-state index in [0.717, 1.165) is 16.9 Å². The molecule has 0 bridgehead atoms. The molecule has 6 nitrogen and oxygen atoms in total. The van der Waals surface area contributed by atoms with Gasteiger partial charge in [-0.15, -0.1) is 5.10 Å². The third-order valence-electron chi connectivity index (χ3n) is 4.31. The van der Waals surface area contributed by atoms with Crippen LogP contribution in [0.3, 0.4) is 0 Å². The average molecular weight is 364 g/mol. The van der Waals surface area contributed by atoms with Gasteiger partial charge in [-0.25, -0.2) is 0 Å². The van der Waals surface area contributed by atoms with E-state index in [4.69, 9.17) is 0 Å². The van der Waals surface area contributed by atoms with Crippen molar-refractivity contribution in [1.29, 1.82) is 0 Å². The Morgan fingerprint density at radius 1 is 0.885 bits per heavy atom. The Kier molecular flexibility index (Phi) is 4.00. The number of carbonyl (C=O) groups is 2. The molecule has 0 radical (unpaired) electrons. The molecular formula is C19H16N4O2S. The van der Waals surface area contributed by atoms with Crippen molar-refractivity contribution in [3.63, 3.8) is 0 Å². The van der Waals surface area contributed by atoms with Gasteiger partial charge in [0, 0.05) is 19.7 Å². The number of carbonyl (C=O) groups excluding carboxylic acids is 2. The van der Waals surface area contributed by atoms with E-state index < -0.39 is 0 Å². The second kappa shape index (κ2) is 6.34. The summed E-state index contributed by atoms with van der Waals surface area (Å²) in [5.41, 5.74) is 5.79. The smallest absolute Gasteiger partial charge is 0.267 e. The van der Waals surface area contributed by atoms with Crippen LogP contribution in [0.2, 0.25) is 0 Å². The average Bonchev–Trinajstić information content (AvgIpc) is 3.09.